The Hall–Kier alpha value is -3.74. The molecule has 2 aliphatic heterocycles. The molecule has 7 heteroatoms. The van der Waals surface area contributed by atoms with Gasteiger partial charge in [-0.2, -0.15) is 0 Å². The van der Waals surface area contributed by atoms with Crippen molar-refractivity contribution in [3.05, 3.63) is 76.9 Å². The summed E-state index contributed by atoms with van der Waals surface area (Å²) in [6.45, 7) is 0.647. The number of carbonyl (C=O) groups excluding carboxylic acids is 4. The van der Waals surface area contributed by atoms with Crippen molar-refractivity contribution in [2.24, 2.45) is 0 Å². The molecule has 2 aliphatic rings. The molecule has 7 nitrogen and oxygen atoms in total. The molecular weight excluding hydrogens is 382 g/mol. The number of benzene rings is 2. The van der Waals surface area contributed by atoms with Crippen molar-refractivity contribution in [2.45, 2.75) is 32.0 Å². The SMILES string of the molecule is O=C(/C=C/c1ccccc1)NCc1ccc2c(c1)CN(C1CCC(=O)NC1=O)C2=O. The van der Waals surface area contributed by atoms with E-state index in [1.807, 2.05) is 36.4 Å². The second-order valence-corrected chi connectivity index (χ2v) is 7.35. The monoisotopic (exact) mass is 403 g/mol. The van der Waals surface area contributed by atoms with Gasteiger partial charge in [-0.05, 0) is 35.3 Å². The summed E-state index contributed by atoms with van der Waals surface area (Å²) in [6, 6.07) is 14.3. The average Bonchev–Trinajstić information content (AvgIpc) is 3.07. The molecule has 152 valence electrons. The molecule has 1 atom stereocenters. The summed E-state index contributed by atoms with van der Waals surface area (Å²) in [5.74, 6) is -1.15. The van der Waals surface area contributed by atoms with Gasteiger partial charge in [0.1, 0.15) is 6.04 Å². The lowest BCUT2D eigenvalue weighted by Gasteiger charge is -2.29. The Labute approximate surface area is 173 Å². The van der Waals surface area contributed by atoms with E-state index < -0.39 is 11.9 Å². The van der Waals surface area contributed by atoms with Crippen molar-refractivity contribution in [1.82, 2.24) is 15.5 Å². The number of nitrogens with one attached hydrogen (secondary N) is 2. The third kappa shape index (κ3) is 4.15. The average molecular weight is 403 g/mol. The Morgan fingerprint density at radius 2 is 1.93 bits per heavy atom. The van der Waals surface area contributed by atoms with Gasteiger partial charge < -0.3 is 10.2 Å². The highest BCUT2D eigenvalue weighted by Gasteiger charge is 2.38. The van der Waals surface area contributed by atoms with Crippen LogP contribution in [-0.2, 0) is 27.5 Å². The van der Waals surface area contributed by atoms with E-state index in [-0.39, 0.29) is 24.1 Å². The molecule has 1 unspecified atom stereocenters. The predicted molar refractivity (Wildman–Crippen MR) is 110 cm³/mol. The third-order valence-corrected chi connectivity index (χ3v) is 5.28. The first-order valence-corrected chi connectivity index (χ1v) is 9.79. The lowest BCUT2D eigenvalue weighted by atomic mass is 10.0. The van der Waals surface area contributed by atoms with Gasteiger partial charge in [0.05, 0.1) is 0 Å². The van der Waals surface area contributed by atoms with Crippen molar-refractivity contribution in [1.29, 1.82) is 0 Å². The highest BCUT2D eigenvalue weighted by atomic mass is 16.2. The number of hydrogen-bond donors (Lipinski definition) is 2. The summed E-state index contributed by atoms with van der Waals surface area (Å²) in [6.07, 6.45) is 3.79. The maximum absolute atomic E-state index is 12.7. The minimum Gasteiger partial charge on any atom is -0.348 e. The number of nitrogens with zero attached hydrogens (tertiary/aromatic N) is 1. The second-order valence-electron chi connectivity index (χ2n) is 7.35. The van der Waals surface area contributed by atoms with E-state index in [9.17, 15) is 19.2 Å². The second kappa shape index (κ2) is 8.32. The summed E-state index contributed by atoms with van der Waals surface area (Å²) in [4.78, 5) is 49.8. The fourth-order valence-electron chi connectivity index (χ4n) is 3.72. The van der Waals surface area contributed by atoms with Gasteiger partial charge in [-0.15, -0.1) is 0 Å². The van der Waals surface area contributed by atoms with Gasteiger partial charge in [-0.1, -0.05) is 42.5 Å². The van der Waals surface area contributed by atoms with Crippen LogP contribution in [0.2, 0.25) is 0 Å². The van der Waals surface area contributed by atoms with Gasteiger partial charge in [0.25, 0.3) is 5.91 Å². The molecular formula is C23H21N3O4. The molecule has 0 spiro atoms. The van der Waals surface area contributed by atoms with Gasteiger partial charge >= 0.3 is 0 Å². The number of piperidine rings is 1. The van der Waals surface area contributed by atoms with Crippen molar-refractivity contribution in [3.63, 3.8) is 0 Å². The van der Waals surface area contributed by atoms with E-state index in [0.29, 0.717) is 25.1 Å². The summed E-state index contributed by atoms with van der Waals surface area (Å²) in [5, 5.41) is 5.13. The molecule has 0 saturated carbocycles. The molecule has 0 bridgehead atoms. The molecule has 30 heavy (non-hydrogen) atoms. The number of carbonyl (C=O) groups is 4. The fraction of sp³-hybridized carbons (Fsp3) is 0.217. The van der Waals surface area contributed by atoms with Crippen LogP contribution in [0.25, 0.3) is 6.08 Å². The van der Waals surface area contributed by atoms with Crippen LogP contribution < -0.4 is 10.6 Å². The van der Waals surface area contributed by atoms with E-state index in [2.05, 4.69) is 10.6 Å². The standard InChI is InChI=1S/C23H21N3O4/c27-20(10-7-15-4-2-1-3-5-15)24-13-16-6-8-18-17(12-16)14-26(23(18)30)19-9-11-21(28)25-22(19)29/h1-8,10,12,19H,9,11,13-14H2,(H,24,27)(H,25,28,29)/b10-7+. The van der Waals surface area contributed by atoms with Gasteiger partial charge in [0.2, 0.25) is 17.7 Å². The maximum atomic E-state index is 12.7. The Bertz CT molecular complexity index is 1050. The van der Waals surface area contributed by atoms with Gasteiger partial charge in [-0.25, -0.2) is 0 Å². The largest absolute Gasteiger partial charge is 0.348 e. The first-order chi connectivity index (χ1) is 14.5. The quantitative estimate of drug-likeness (QED) is 0.588. The third-order valence-electron chi connectivity index (χ3n) is 5.28. The van der Waals surface area contributed by atoms with E-state index >= 15 is 0 Å². The molecule has 4 amide bonds. The van der Waals surface area contributed by atoms with Gasteiger partial charge in [0, 0.05) is 31.1 Å². The molecule has 1 fully saturated rings. The zero-order chi connectivity index (χ0) is 21.1. The highest BCUT2D eigenvalue weighted by Crippen LogP contribution is 2.28. The Morgan fingerprint density at radius 3 is 2.70 bits per heavy atom. The van der Waals surface area contributed by atoms with Crippen LogP contribution in [0, 0.1) is 0 Å². The summed E-state index contributed by atoms with van der Waals surface area (Å²) >= 11 is 0. The smallest absolute Gasteiger partial charge is 0.255 e. The molecule has 2 N–H and O–H groups in total. The molecule has 2 aromatic carbocycles. The van der Waals surface area contributed by atoms with Crippen LogP contribution >= 0.6 is 0 Å². The number of fused-ring (bicyclic) bond motifs is 1. The van der Waals surface area contributed by atoms with E-state index in [4.69, 9.17) is 0 Å². The van der Waals surface area contributed by atoms with Crippen LogP contribution in [0.5, 0.6) is 0 Å². The Balaban J connectivity index is 1.38. The number of hydrogen-bond acceptors (Lipinski definition) is 4. The lowest BCUT2D eigenvalue weighted by Crippen LogP contribution is -2.52. The zero-order valence-electron chi connectivity index (χ0n) is 16.3. The fourth-order valence-corrected chi connectivity index (χ4v) is 3.72. The van der Waals surface area contributed by atoms with Crippen molar-refractivity contribution in [3.8, 4) is 0 Å². The molecule has 2 heterocycles. The van der Waals surface area contributed by atoms with E-state index in [1.165, 1.54) is 11.0 Å². The van der Waals surface area contributed by atoms with E-state index in [0.717, 1.165) is 16.7 Å². The molecule has 0 aliphatic carbocycles. The molecule has 0 aromatic heterocycles. The van der Waals surface area contributed by atoms with E-state index in [1.54, 1.807) is 18.2 Å². The van der Waals surface area contributed by atoms with Crippen LogP contribution in [0.3, 0.4) is 0 Å². The minimum atomic E-state index is -0.631. The van der Waals surface area contributed by atoms with Gasteiger partial charge in [0.15, 0.2) is 0 Å². The van der Waals surface area contributed by atoms with Gasteiger partial charge in [-0.3, -0.25) is 24.5 Å². The van der Waals surface area contributed by atoms with Crippen LogP contribution in [0.4, 0.5) is 0 Å². The molecule has 0 radical (unpaired) electrons. The van der Waals surface area contributed by atoms with Crippen molar-refractivity contribution >= 4 is 29.7 Å². The molecule has 4 rings (SSSR count). The van der Waals surface area contributed by atoms with Crippen molar-refractivity contribution in [2.75, 3.05) is 0 Å². The molecule has 1 saturated heterocycles. The number of amides is 4. The van der Waals surface area contributed by atoms with Crippen LogP contribution in [-0.4, -0.2) is 34.6 Å². The zero-order valence-corrected chi connectivity index (χ0v) is 16.3. The lowest BCUT2D eigenvalue weighted by molar-refractivity contribution is -0.137. The topological polar surface area (TPSA) is 95.6 Å². The molecule has 2 aromatic rings. The summed E-state index contributed by atoms with van der Waals surface area (Å²) in [5.41, 5.74) is 3.18. The first-order valence-electron chi connectivity index (χ1n) is 9.79. The number of rotatable bonds is 5. The Morgan fingerprint density at radius 1 is 1.13 bits per heavy atom. The van der Waals surface area contributed by atoms with Crippen molar-refractivity contribution < 1.29 is 19.2 Å². The highest BCUT2D eigenvalue weighted by molar-refractivity contribution is 6.05. The first kappa shape index (κ1) is 19.6. The normalized spacial score (nSPS) is 18.5. The minimum absolute atomic E-state index is 0.208. The number of imide groups is 1. The summed E-state index contributed by atoms with van der Waals surface area (Å²) in [7, 11) is 0. The Kier molecular flexibility index (Phi) is 5.43. The summed E-state index contributed by atoms with van der Waals surface area (Å²) < 4.78 is 0. The maximum Gasteiger partial charge on any atom is 0.255 e. The predicted octanol–water partition coefficient (Wildman–Crippen LogP) is 1.78. The van der Waals surface area contributed by atoms with Crippen LogP contribution in [0.1, 0.15) is 39.9 Å². The van der Waals surface area contributed by atoms with Crippen LogP contribution in [0.15, 0.2) is 54.6 Å².